The SMILES string of the molecule is CC(C)C1=CC2=CCC3[C@](C)(C(=O)O)CCC[C@@]3(C)[C@H]2CC1. The lowest BCUT2D eigenvalue weighted by atomic mass is 9.47. The molecule has 2 nitrogen and oxygen atoms in total. The van der Waals surface area contributed by atoms with Crippen LogP contribution in [-0.2, 0) is 4.79 Å². The quantitative estimate of drug-likeness (QED) is 0.760. The Bertz CT molecular complexity index is 542. The van der Waals surface area contributed by atoms with Crippen LogP contribution in [0.25, 0.3) is 0 Å². The van der Waals surface area contributed by atoms with Crippen molar-refractivity contribution in [1.29, 1.82) is 0 Å². The van der Waals surface area contributed by atoms with Crippen LogP contribution in [-0.4, -0.2) is 11.1 Å². The number of hydrogen-bond acceptors (Lipinski definition) is 1. The van der Waals surface area contributed by atoms with Crippen LogP contribution in [0.4, 0.5) is 0 Å². The standard InChI is InChI=1S/C20H30O2/c1-13(2)14-6-8-16-15(12-14)7-9-17-19(16,3)10-5-11-20(17,4)18(21)22/h7,12-13,16-17H,5-6,8-11H2,1-4H3,(H,21,22)/t16-,17?,19-,20+/m0/s1. The molecule has 0 radical (unpaired) electrons. The van der Waals surface area contributed by atoms with Crippen molar-refractivity contribution >= 4 is 5.97 Å². The minimum absolute atomic E-state index is 0.161. The Morgan fingerprint density at radius 2 is 2.05 bits per heavy atom. The number of fused-ring (bicyclic) bond motifs is 3. The van der Waals surface area contributed by atoms with Crippen LogP contribution >= 0.6 is 0 Å². The van der Waals surface area contributed by atoms with Crippen molar-refractivity contribution in [1.82, 2.24) is 0 Å². The van der Waals surface area contributed by atoms with Crippen LogP contribution in [0.15, 0.2) is 23.3 Å². The third kappa shape index (κ3) is 2.18. The molecule has 0 aromatic carbocycles. The molecule has 0 aromatic heterocycles. The van der Waals surface area contributed by atoms with Gasteiger partial charge < -0.3 is 5.11 Å². The average molecular weight is 302 g/mol. The zero-order valence-corrected chi connectivity index (χ0v) is 14.5. The summed E-state index contributed by atoms with van der Waals surface area (Å²) >= 11 is 0. The van der Waals surface area contributed by atoms with Gasteiger partial charge in [-0.05, 0) is 67.8 Å². The predicted molar refractivity (Wildman–Crippen MR) is 89.5 cm³/mol. The fourth-order valence-electron chi connectivity index (χ4n) is 5.60. The third-order valence-electron chi connectivity index (χ3n) is 7.07. The molecule has 0 heterocycles. The first-order valence-electron chi connectivity index (χ1n) is 8.93. The highest BCUT2D eigenvalue weighted by Crippen LogP contribution is 2.62. The van der Waals surface area contributed by atoms with Gasteiger partial charge in [-0.3, -0.25) is 4.79 Å². The monoisotopic (exact) mass is 302 g/mol. The van der Waals surface area contributed by atoms with E-state index in [1.165, 1.54) is 24.8 Å². The van der Waals surface area contributed by atoms with Crippen molar-refractivity contribution in [3.8, 4) is 0 Å². The Morgan fingerprint density at radius 1 is 1.32 bits per heavy atom. The molecule has 3 aliphatic carbocycles. The normalized spacial score (nSPS) is 41.3. The van der Waals surface area contributed by atoms with Gasteiger partial charge in [-0.2, -0.15) is 0 Å². The van der Waals surface area contributed by atoms with Gasteiger partial charge in [-0.25, -0.2) is 0 Å². The van der Waals surface area contributed by atoms with Crippen molar-refractivity contribution in [2.24, 2.45) is 28.6 Å². The van der Waals surface area contributed by atoms with Crippen molar-refractivity contribution in [3.63, 3.8) is 0 Å². The summed E-state index contributed by atoms with van der Waals surface area (Å²) in [6.07, 6.45) is 11.2. The Balaban J connectivity index is 2.00. The Hall–Kier alpha value is -1.05. The van der Waals surface area contributed by atoms with Gasteiger partial charge in [0.05, 0.1) is 5.41 Å². The molecule has 0 amide bonds. The van der Waals surface area contributed by atoms with Gasteiger partial charge >= 0.3 is 5.97 Å². The maximum Gasteiger partial charge on any atom is 0.309 e. The molecule has 122 valence electrons. The topological polar surface area (TPSA) is 37.3 Å². The van der Waals surface area contributed by atoms with Crippen LogP contribution in [0.2, 0.25) is 0 Å². The van der Waals surface area contributed by atoms with E-state index in [4.69, 9.17) is 0 Å². The first-order chi connectivity index (χ1) is 10.3. The van der Waals surface area contributed by atoms with Gasteiger partial charge in [0.1, 0.15) is 0 Å². The largest absolute Gasteiger partial charge is 0.481 e. The first-order valence-corrected chi connectivity index (χ1v) is 8.93. The van der Waals surface area contributed by atoms with Crippen LogP contribution in [0, 0.1) is 28.6 Å². The van der Waals surface area contributed by atoms with Crippen LogP contribution in [0.3, 0.4) is 0 Å². The molecular formula is C20H30O2. The van der Waals surface area contributed by atoms with Gasteiger partial charge in [0.2, 0.25) is 0 Å². The Labute approximate surface area is 134 Å². The smallest absolute Gasteiger partial charge is 0.309 e. The fraction of sp³-hybridized carbons (Fsp3) is 0.750. The average Bonchev–Trinajstić information content (AvgIpc) is 2.46. The molecule has 1 saturated carbocycles. The Morgan fingerprint density at radius 3 is 2.68 bits per heavy atom. The molecule has 3 aliphatic rings. The number of carbonyl (C=O) groups is 1. The van der Waals surface area contributed by atoms with E-state index in [2.05, 4.69) is 32.9 Å². The second-order valence-corrected chi connectivity index (χ2v) is 8.54. The van der Waals surface area contributed by atoms with Crippen LogP contribution in [0.5, 0.6) is 0 Å². The summed E-state index contributed by atoms with van der Waals surface area (Å²) in [4.78, 5) is 11.9. The minimum Gasteiger partial charge on any atom is -0.481 e. The maximum absolute atomic E-state index is 11.9. The van der Waals surface area contributed by atoms with Crippen LogP contribution in [0.1, 0.15) is 66.2 Å². The molecule has 1 fully saturated rings. The number of carboxylic acid groups (broad SMARTS) is 1. The molecule has 0 aromatic rings. The lowest BCUT2D eigenvalue weighted by Gasteiger charge is -2.57. The molecule has 0 saturated heterocycles. The van der Waals surface area contributed by atoms with E-state index in [0.717, 1.165) is 19.3 Å². The van der Waals surface area contributed by atoms with Crippen molar-refractivity contribution in [3.05, 3.63) is 23.3 Å². The van der Waals surface area contributed by atoms with E-state index in [0.29, 0.717) is 11.8 Å². The molecular weight excluding hydrogens is 272 g/mol. The van der Waals surface area contributed by atoms with Gasteiger partial charge in [0, 0.05) is 0 Å². The number of hydrogen-bond donors (Lipinski definition) is 1. The van der Waals surface area contributed by atoms with Crippen molar-refractivity contribution < 1.29 is 9.90 Å². The molecule has 4 atom stereocenters. The highest BCUT2D eigenvalue weighted by molar-refractivity contribution is 5.75. The van der Waals surface area contributed by atoms with Crippen molar-refractivity contribution in [2.45, 2.75) is 66.2 Å². The van der Waals surface area contributed by atoms with E-state index in [1.807, 2.05) is 6.92 Å². The second kappa shape index (κ2) is 5.25. The lowest BCUT2D eigenvalue weighted by molar-refractivity contribution is -0.162. The number of carboxylic acids is 1. The molecule has 3 rings (SSSR count). The first kappa shape index (κ1) is 15.8. The van der Waals surface area contributed by atoms with Crippen molar-refractivity contribution in [2.75, 3.05) is 0 Å². The minimum atomic E-state index is -0.588. The van der Waals surface area contributed by atoms with E-state index in [1.54, 1.807) is 5.57 Å². The molecule has 0 bridgehead atoms. The summed E-state index contributed by atoms with van der Waals surface area (Å²) < 4.78 is 0. The highest BCUT2D eigenvalue weighted by atomic mass is 16.4. The second-order valence-electron chi connectivity index (χ2n) is 8.54. The highest BCUT2D eigenvalue weighted by Gasteiger charge is 2.57. The van der Waals surface area contributed by atoms with Crippen LogP contribution < -0.4 is 0 Å². The number of rotatable bonds is 2. The maximum atomic E-state index is 11.9. The summed E-state index contributed by atoms with van der Waals surface area (Å²) in [5.41, 5.74) is 2.69. The summed E-state index contributed by atoms with van der Waals surface area (Å²) in [6, 6.07) is 0. The lowest BCUT2D eigenvalue weighted by Crippen LogP contribution is -2.53. The molecule has 22 heavy (non-hydrogen) atoms. The van der Waals surface area contributed by atoms with Gasteiger partial charge in [0.25, 0.3) is 0 Å². The van der Waals surface area contributed by atoms with E-state index >= 15 is 0 Å². The zero-order chi connectivity index (χ0) is 16.1. The predicted octanol–water partition coefficient (Wildman–Crippen LogP) is 5.21. The summed E-state index contributed by atoms with van der Waals surface area (Å²) in [5, 5.41) is 9.83. The van der Waals surface area contributed by atoms with E-state index in [9.17, 15) is 9.90 Å². The number of allylic oxidation sites excluding steroid dienone is 4. The molecule has 1 unspecified atom stereocenters. The fourth-order valence-corrected chi connectivity index (χ4v) is 5.60. The third-order valence-corrected chi connectivity index (χ3v) is 7.07. The summed E-state index contributed by atoms with van der Waals surface area (Å²) in [7, 11) is 0. The van der Waals surface area contributed by atoms with E-state index in [-0.39, 0.29) is 11.3 Å². The molecule has 2 heteroatoms. The van der Waals surface area contributed by atoms with E-state index < -0.39 is 11.4 Å². The number of aliphatic carboxylic acids is 1. The molecule has 0 spiro atoms. The summed E-state index contributed by atoms with van der Waals surface area (Å²) in [6.45, 7) is 8.93. The zero-order valence-electron chi connectivity index (χ0n) is 14.5. The Kier molecular flexibility index (Phi) is 3.78. The van der Waals surface area contributed by atoms with Gasteiger partial charge in [0.15, 0.2) is 0 Å². The summed E-state index contributed by atoms with van der Waals surface area (Å²) in [5.74, 6) is 0.888. The van der Waals surface area contributed by atoms with Gasteiger partial charge in [-0.1, -0.05) is 44.9 Å². The molecule has 0 aliphatic heterocycles. The van der Waals surface area contributed by atoms with Gasteiger partial charge in [-0.15, -0.1) is 0 Å². The molecule has 1 N–H and O–H groups in total.